The highest BCUT2D eigenvalue weighted by Crippen LogP contribution is 2.24. The fourth-order valence-electron chi connectivity index (χ4n) is 1.92. The molecule has 3 N–H and O–H groups in total. The van der Waals surface area contributed by atoms with Gasteiger partial charge in [0.15, 0.2) is 6.10 Å². The normalized spacial score (nSPS) is 12.2. The predicted molar refractivity (Wildman–Crippen MR) is 74.7 cm³/mol. The van der Waals surface area contributed by atoms with E-state index in [1.807, 2.05) is 30.3 Å². The Kier molecular flexibility index (Phi) is 3.18. The van der Waals surface area contributed by atoms with Crippen molar-refractivity contribution < 1.29 is 9.63 Å². The number of hydrogen-bond acceptors (Lipinski definition) is 5. The van der Waals surface area contributed by atoms with Crippen LogP contribution in [0.5, 0.6) is 0 Å². The van der Waals surface area contributed by atoms with E-state index in [9.17, 15) is 5.11 Å². The lowest BCUT2D eigenvalue weighted by Crippen LogP contribution is -1.99. The Balaban J connectivity index is 1.91. The van der Waals surface area contributed by atoms with Gasteiger partial charge in [-0.15, -0.1) is 0 Å². The average Bonchev–Trinajstić information content (AvgIpc) is 2.97. The molecule has 1 heterocycles. The Hall–Kier alpha value is -2.66. The number of aliphatic hydroxyl groups is 1. The second kappa shape index (κ2) is 5.14. The van der Waals surface area contributed by atoms with Crippen LogP contribution in [0.25, 0.3) is 11.4 Å². The van der Waals surface area contributed by atoms with Gasteiger partial charge in [0.25, 0.3) is 5.89 Å². The summed E-state index contributed by atoms with van der Waals surface area (Å²) in [5.74, 6) is 0.566. The average molecular weight is 267 g/mol. The molecule has 1 aromatic heterocycles. The molecule has 20 heavy (non-hydrogen) atoms. The number of nitrogens with zero attached hydrogens (tertiary/aromatic N) is 2. The molecule has 0 fully saturated rings. The minimum atomic E-state index is -0.932. The summed E-state index contributed by atoms with van der Waals surface area (Å²) in [6, 6.07) is 16.3. The fraction of sp³-hybridized carbons (Fsp3) is 0.0667. The Morgan fingerprint density at radius 1 is 1.05 bits per heavy atom. The molecule has 2 aromatic carbocycles. The summed E-state index contributed by atoms with van der Waals surface area (Å²) in [7, 11) is 0. The van der Waals surface area contributed by atoms with Crippen molar-refractivity contribution >= 4 is 5.69 Å². The zero-order valence-corrected chi connectivity index (χ0v) is 10.6. The number of nitrogens with two attached hydrogens (primary N) is 1. The van der Waals surface area contributed by atoms with E-state index < -0.39 is 6.10 Å². The number of hydrogen-bond donors (Lipinski definition) is 2. The van der Waals surface area contributed by atoms with E-state index in [-0.39, 0.29) is 5.89 Å². The van der Waals surface area contributed by atoms with E-state index in [4.69, 9.17) is 10.3 Å². The molecule has 0 aliphatic carbocycles. The van der Waals surface area contributed by atoms with Crippen LogP contribution in [0.15, 0.2) is 59.1 Å². The van der Waals surface area contributed by atoms with Gasteiger partial charge in [-0.05, 0) is 17.7 Å². The van der Waals surface area contributed by atoms with Crippen molar-refractivity contribution in [3.8, 4) is 11.4 Å². The second-order valence-corrected chi connectivity index (χ2v) is 4.39. The van der Waals surface area contributed by atoms with Crippen LogP contribution in [0.1, 0.15) is 17.6 Å². The molecule has 3 aromatic rings. The molecule has 5 heteroatoms. The Morgan fingerprint density at radius 2 is 1.85 bits per heavy atom. The van der Waals surface area contributed by atoms with Crippen molar-refractivity contribution in [3.05, 3.63) is 66.1 Å². The summed E-state index contributed by atoms with van der Waals surface area (Å²) >= 11 is 0. The lowest BCUT2D eigenvalue weighted by Gasteiger charge is -2.04. The first-order valence-electron chi connectivity index (χ1n) is 6.16. The summed E-state index contributed by atoms with van der Waals surface area (Å²) in [5, 5.41) is 14.1. The predicted octanol–water partition coefficient (Wildman–Crippen LogP) is 2.40. The van der Waals surface area contributed by atoms with Gasteiger partial charge in [-0.2, -0.15) is 4.98 Å². The Morgan fingerprint density at radius 3 is 2.60 bits per heavy atom. The number of aromatic nitrogens is 2. The summed E-state index contributed by atoms with van der Waals surface area (Å²) in [6.45, 7) is 0. The van der Waals surface area contributed by atoms with Crippen molar-refractivity contribution in [1.29, 1.82) is 0 Å². The standard InChI is InChI=1S/C15H13N3O2/c16-12-8-4-7-11(9-12)14-17-15(20-18-14)13(19)10-5-2-1-3-6-10/h1-9,13,19H,16H2. The molecule has 5 nitrogen and oxygen atoms in total. The summed E-state index contributed by atoms with van der Waals surface area (Å²) in [6.07, 6.45) is -0.932. The number of nitrogen functional groups attached to an aromatic ring is 1. The van der Waals surface area contributed by atoms with Gasteiger partial charge in [-0.1, -0.05) is 47.6 Å². The molecule has 100 valence electrons. The number of benzene rings is 2. The van der Waals surface area contributed by atoms with Crippen molar-refractivity contribution in [2.75, 3.05) is 5.73 Å². The maximum atomic E-state index is 10.2. The van der Waals surface area contributed by atoms with Crippen LogP contribution in [0.4, 0.5) is 5.69 Å². The van der Waals surface area contributed by atoms with Crippen molar-refractivity contribution in [2.24, 2.45) is 0 Å². The van der Waals surface area contributed by atoms with Crippen LogP contribution in [0.2, 0.25) is 0 Å². The van der Waals surface area contributed by atoms with Crippen LogP contribution >= 0.6 is 0 Å². The maximum absolute atomic E-state index is 10.2. The summed E-state index contributed by atoms with van der Waals surface area (Å²) in [5.41, 5.74) is 7.79. The van der Waals surface area contributed by atoms with Gasteiger partial charge in [0.05, 0.1) is 0 Å². The molecule has 0 aliphatic rings. The topological polar surface area (TPSA) is 85.2 Å². The highest BCUT2D eigenvalue weighted by Gasteiger charge is 2.18. The zero-order chi connectivity index (χ0) is 13.9. The van der Waals surface area contributed by atoms with Crippen LogP contribution in [-0.2, 0) is 0 Å². The van der Waals surface area contributed by atoms with Crippen molar-refractivity contribution in [3.63, 3.8) is 0 Å². The molecule has 1 atom stereocenters. The first-order chi connectivity index (χ1) is 9.74. The zero-order valence-electron chi connectivity index (χ0n) is 10.6. The fourth-order valence-corrected chi connectivity index (χ4v) is 1.92. The monoisotopic (exact) mass is 267 g/mol. The van der Waals surface area contributed by atoms with E-state index in [1.165, 1.54) is 0 Å². The largest absolute Gasteiger partial charge is 0.399 e. The molecule has 0 bridgehead atoms. The first kappa shape index (κ1) is 12.4. The molecule has 0 radical (unpaired) electrons. The second-order valence-electron chi connectivity index (χ2n) is 4.39. The quantitative estimate of drug-likeness (QED) is 0.712. The Labute approximate surface area is 115 Å². The smallest absolute Gasteiger partial charge is 0.260 e. The number of anilines is 1. The van der Waals surface area contributed by atoms with Gasteiger partial charge in [0, 0.05) is 11.3 Å². The van der Waals surface area contributed by atoms with Crippen LogP contribution < -0.4 is 5.73 Å². The minimum Gasteiger partial charge on any atom is -0.399 e. The van der Waals surface area contributed by atoms with E-state index in [1.54, 1.807) is 24.3 Å². The van der Waals surface area contributed by atoms with Crippen LogP contribution in [0, 0.1) is 0 Å². The summed E-state index contributed by atoms with van der Waals surface area (Å²) in [4.78, 5) is 4.21. The first-order valence-corrected chi connectivity index (χ1v) is 6.16. The summed E-state index contributed by atoms with van der Waals surface area (Å²) < 4.78 is 5.12. The molecule has 1 unspecified atom stereocenters. The molecule has 0 spiro atoms. The van der Waals surface area contributed by atoms with Crippen molar-refractivity contribution in [1.82, 2.24) is 10.1 Å². The van der Waals surface area contributed by atoms with E-state index >= 15 is 0 Å². The van der Waals surface area contributed by atoms with Crippen molar-refractivity contribution in [2.45, 2.75) is 6.10 Å². The molecule has 0 aliphatic heterocycles. The minimum absolute atomic E-state index is 0.161. The van der Waals surface area contributed by atoms with Crippen LogP contribution in [-0.4, -0.2) is 15.2 Å². The van der Waals surface area contributed by atoms with Gasteiger partial charge in [-0.3, -0.25) is 0 Å². The lowest BCUT2D eigenvalue weighted by molar-refractivity contribution is 0.170. The van der Waals surface area contributed by atoms with Gasteiger partial charge in [0.2, 0.25) is 5.82 Å². The van der Waals surface area contributed by atoms with E-state index in [0.717, 1.165) is 5.56 Å². The van der Waals surface area contributed by atoms with Gasteiger partial charge in [0.1, 0.15) is 0 Å². The third-order valence-electron chi connectivity index (χ3n) is 2.94. The molecular formula is C15H13N3O2. The highest BCUT2D eigenvalue weighted by atomic mass is 16.5. The highest BCUT2D eigenvalue weighted by molar-refractivity contribution is 5.60. The van der Waals surface area contributed by atoms with Gasteiger partial charge in [-0.25, -0.2) is 0 Å². The molecule has 3 rings (SSSR count). The maximum Gasteiger partial charge on any atom is 0.260 e. The lowest BCUT2D eigenvalue weighted by atomic mass is 10.1. The Bertz CT molecular complexity index is 710. The van der Waals surface area contributed by atoms with Gasteiger partial charge >= 0.3 is 0 Å². The molecule has 0 saturated heterocycles. The number of rotatable bonds is 3. The molecular weight excluding hydrogens is 254 g/mol. The third-order valence-corrected chi connectivity index (χ3v) is 2.94. The molecule has 0 saturated carbocycles. The number of aliphatic hydroxyl groups excluding tert-OH is 1. The van der Waals surface area contributed by atoms with Gasteiger partial charge < -0.3 is 15.4 Å². The van der Waals surface area contributed by atoms with Crippen LogP contribution in [0.3, 0.4) is 0 Å². The SMILES string of the molecule is Nc1cccc(-c2noc(C(O)c3ccccc3)n2)c1. The van der Waals surface area contributed by atoms with E-state index in [2.05, 4.69) is 10.1 Å². The third kappa shape index (κ3) is 2.39. The van der Waals surface area contributed by atoms with E-state index in [0.29, 0.717) is 17.1 Å². The molecule has 0 amide bonds.